The Bertz CT molecular complexity index is 782. The van der Waals surface area contributed by atoms with Crippen molar-refractivity contribution in [2.75, 3.05) is 19.7 Å². The van der Waals surface area contributed by atoms with Crippen LogP contribution in [0, 0.1) is 6.92 Å². The van der Waals surface area contributed by atoms with Crippen molar-refractivity contribution in [3.63, 3.8) is 0 Å². The molecule has 2 aromatic rings. The predicted molar refractivity (Wildman–Crippen MR) is 108 cm³/mol. The van der Waals surface area contributed by atoms with Gasteiger partial charge in [-0.2, -0.15) is 0 Å². The van der Waals surface area contributed by atoms with E-state index in [0.29, 0.717) is 24.4 Å². The van der Waals surface area contributed by atoms with E-state index < -0.39 is 0 Å². The number of benzene rings is 2. The van der Waals surface area contributed by atoms with Crippen LogP contribution in [0.4, 0.5) is 0 Å². The fourth-order valence-electron chi connectivity index (χ4n) is 3.01. The van der Waals surface area contributed by atoms with E-state index in [9.17, 15) is 9.59 Å². The zero-order chi connectivity index (χ0) is 19.2. The van der Waals surface area contributed by atoms with Gasteiger partial charge in [0.15, 0.2) is 6.61 Å². The van der Waals surface area contributed by atoms with Crippen LogP contribution in [0.15, 0.2) is 53.0 Å². The van der Waals surface area contributed by atoms with Gasteiger partial charge in [-0.15, -0.1) is 0 Å². The summed E-state index contributed by atoms with van der Waals surface area (Å²) in [5, 5.41) is 3.05. The first kappa shape index (κ1) is 19.4. The normalized spacial score (nSPS) is 14.7. The molecule has 1 heterocycles. The minimum Gasteiger partial charge on any atom is -0.484 e. The summed E-state index contributed by atoms with van der Waals surface area (Å²) >= 11 is 3.36. The molecule has 0 aliphatic carbocycles. The minimum atomic E-state index is -0.0741. The molecule has 0 spiro atoms. The van der Waals surface area contributed by atoms with E-state index in [0.717, 1.165) is 22.9 Å². The lowest BCUT2D eigenvalue weighted by Crippen LogP contribution is -2.47. The first-order chi connectivity index (χ1) is 13.0. The molecular weight excluding hydrogens is 408 g/mol. The number of hydrogen-bond acceptors (Lipinski definition) is 3. The van der Waals surface area contributed by atoms with Crippen molar-refractivity contribution in [2.24, 2.45) is 0 Å². The van der Waals surface area contributed by atoms with E-state index in [1.54, 1.807) is 17.0 Å². The van der Waals surface area contributed by atoms with E-state index in [4.69, 9.17) is 4.74 Å². The highest BCUT2D eigenvalue weighted by Crippen LogP contribution is 2.15. The van der Waals surface area contributed by atoms with Crippen molar-refractivity contribution in [2.45, 2.75) is 25.8 Å². The number of piperidine rings is 1. The van der Waals surface area contributed by atoms with Crippen molar-refractivity contribution >= 4 is 27.7 Å². The number of amides is 2. The smallest absolute Gasteiger partial charge is 0.260 e. The van der Waals surface area contributed by atoms with E-state index in [1.165, 1.54) is 0 Å². The van der Waals surface area contributed by atoms with Crippen molar-refractivity contribution in [1.82, 2.24) is 10.2 Å². The lowest BCUT2D eigenvalue weighted by atomic mass is 10.0. The zero-order valence-corrected chi connectivity index (χ0v) is 16.9. The Balaban J connectivity index is 1.42. The van der Waals surface area contributed by atoms with Gasteiger partial charge in [0, 0.05) is 29.2 Å². The van der Waals surface area contributed by atoms with Gasteiger partial charge in [0.2, 0.25) is 0 Å². The van der Waals surface area contributed by atoms with Crippen molar-refractivity contribution in [3.05, 3.63) is 64.1 Å². The Hall–Kier alpha value is -2.34. The summed E-state index contributed by atoms with van der Waals surface area (Å²) in [6.45, 7) is 3.30. The largest absolute Gasteiger partial charge is 0.484 e. The number of carbonyl (C=O) groups is 2. The summed E-state index contributed by atoms with van der Waals surface area (Å²) in [4.78, 5) is 26.4. The third kappa shape index (κ3) is 5.57. The summed E-state index contributed by atoms with van der Waals surface area (Å²) in [5.41, 5.74) is 1.80. The maximum Gasteiger partial charge on any atom is 0.260 e. The first-order valence-electron chi connectivity index (χ1n) is 9.05. The summed E-state index contributed by atoms with van der Waals surface area (Å²) < 4.78 is 6.51. The molecule has 0 saturated carbocycles. The summed E-state index contributed by atoms with van der Waals surface area (Å²) in [6.07, 6.45) is 1.50. The quantitative estimate of drug-likeness (QED) is 0.788. The van der Waals surface area contributed by atoms with Crippen LogP contribution < -0.4 is 10.1 Å². The number of nitrogens with one attached hydrogen (secondary N) is 1. The van der Waals surface area contributed by atoms with Crippen LogP contribution in [0.3, 0.4) is 0 Å². The average Bonchev–Trinajstić information content (AvgIpc) is 2.68. The molecule has 1 aliphatic heterocycles. The number of ether oxygens (including phenoxy) is 1. The number of carbonyl (C=O) groups excluding carboxylic acids is 2. The van der Waals surface area contributed by atoms with E-state index in [2.05, 4.69) is 21.2 Å². The summed E-state index contributed by atoms with van der Waals surface area (Å²) in [5.74, 6) is 0.605. The lowest BCUT2D eigenvalue weighted by Gasteiger charge is -2.32. The molecule has 1 N–H and O–H groups in total. The number of halogens is 1. The van der Waals surface area contributed by atoms with Gasteiger partial charge in [0.05, 0.1) is 0 Å². The molecule has 1 fully saturated rings. The fraction of sp³-hybridized carbons (Fsp3) is 0.333. The van der Waals surface area contributed by atoms with Gasteiger partial charge in [-0.3, -0.25) is 9.59 Å². The Morgan fingerprint density at radius 2 is 1.70 bits per heavy atom. The van der Waals surface area contributed by atoms with Crippen molar-refractivity contribution in [3.8, 4) is 5.75 Å². The van der Waals surface area contributed by atoms with Crippen LogP contribution in [0.5, 0.6) is 5.75 Å². The molecule has 0 unspecified atom stereocenters. The monoisotopic (exact) mass is 430 g/mol. The minimum absolute atomic E-state index is 0.0201. The Morgan fingerprint density at radius 1 is 1.07 bits per heavy atom. The molecule has 142 valence electrons. The van der Waals surface area contributed by atoms with Crippen LogP contribution in [-0.4, -0.2) is 42.5 Å². The first-order valence-corrected chi connectivity index (χ1v) is 9.84. The second-order valence-electron chi connectivity index (χ2n) is 6.74. The van der Waals surface area contributed by atoms with Crippen LogP contribution >= 0.6 is 15.9 Å². The molecule has 1 aliphatic rings. The van der Waals surface area contributed by atoms with Crippen molar-refractivity contribution < 1.29 is 14.3 Å². The summed E-state index contributed by atoms with van der Waals surface area (Å²) in [6, 6.07) is 15.0. The van der Waals surface area contributed by atoms with Crippen molar-refractivity contribution in [1.29, 1.82) is 0 Å². The van der Waals surface area contributed by atoms with Gasteiger partial charge < -0.3 is 15.0 Å². The highest BCUT2D eigenvalue weighted by atomic mass is 79.9. The molecule has 0 radical (unpaired) electrons. The molecule has 5 nitrogen and oxygen atoms in total. The van der Waals surface area contributed by atoms with Crippen LogP contribution in [0.25, 0.3) is 0 Å². The van der Waals surface area contributed by atoms with Crippen LogP contribution in [0.1, 0.15) is 28.8 Å². The average molecular weight is 431 g/mol. The second-order valence-corrected chi connectivity index (χ2v) is 7.65. The number of likely N-dealkylation sites (tertiary alicyclic amines) is 1. The van der Waals surface area contributed by atoms with E-state index >= 15 is 0 Å². The molecular formula is C21H23BrN2O3. The Kier molecular flexibility index (Phi) is 6.50. The van der Waals surface area contributed by atoms with E-state index in [1.807, 2.05) is 43.3 Å². The standard InChI is InChI=1S/C21H23BrN2O3/c1-15-2-8-19(9-3-15)27-14-20(25)24-12-10-18(11-13-24)23-21(26)16-4-6-17(22)7-5-16/h2-9,18H,10-14H2,1H3,(H,23,26). The lowest BCUT2D eigenvalue weighted by molar-refractivity contribution is -0.134. The molecule has 3 rings (SSSR count). The molecule has 0 bridgehead atoms. The topological polar surface area (TPSA) is 58.6 Å². The maximum absolute atomic E-state index is 12.3. The third-order valence-electron chi connectivity index (χ3n) is 4.67. The number of hydrogen-bond donors (Lipinski definition) is 1. The number of aryl methyl sites for hydroxylation is 1. The fourth-order valence-corrected chi connectivity index (χ4v) is 3.28. The van der Waals surface area contributed by atoms with Crippen LogP contribution in [-0.2, 0) is 4.79 Å². The van der Waals surface area contributed by atoms with Gasteiger partial charge in [0.1, 0.15) is 5.75 Å². The third-order valence-corrected chi connectivity index (χ3v) is 5.20. The highest BCUT2D eigenvalue weighted by Gasteiger charge is 2.24. The summed E-state index contributed by atoms with van der Waals surface area (Å²) in [7, 11) is 0. The molecule has 0 atom stereocenters. The molecule has 2 aromatic carbocycles. The molecule has 27 heavy (non-hydrogen) atoms. The van der Waals surface area contributed by atoms with Gasteiger partial charge >= 0.3 is 0 Å². The highest BCUT2D eigenvalue weighted by molar-refractivity contribution is 9.10. The van der Waals surface area contributed by atoms with Gasteiger partial charge in [-0.25, -0.2) is 0 Å². The van der Waals surface area contributed by atoms with Gasteiger partial charge in [-0.1, -0.05) is 33.6 Å². The molecule has 2 amide bonds. The zero-order valence-electron chi connectivity index (χ0n) is 15.3. The van der Waals surface area contributed by atoms with Gasteiger partial charge in [0.25, 0.3) is 11.8 Å². The predicted octanol–water partition coefficient (Wildman–Crippen LogP) is 3.56. The molecule has 0 aromatic heterocycles. The molecule has 6 heteroatoms. The Morgan fingerprint density at radius 3 is 2.33 bits per heavy atom. The van der Waals surface area contributed by atoms with Crippen LogP contribution in [0.2, 0.25) is 0 Å². The number of rotatable bonds is 5. The maximum atomic E-state index is 12.3. The Labute approximate surface area is 167 Å². The SMILES string of the molecule is Cc1ccc(OCC(=O)N2CCC(NC(=O)c3ccc(Br)cc3)CC2)cc1. The molecule has 1 saturated heterocycles. The number of nitrogens with zero attached hydrogens (tertiary/aromatic N) is 1. The van der Waals surface area contributed by atoms with E-state index in [-0.39, 0.29) is 24.5 Å². The van der Waals surface area contributed by atoms with Gasteiger partial charge in [-0.05, 0) is 56.2 Å². The second kappa shape index (κ2) is 9.04.